The number of benzene rings is 1. The first-order valence-corrected chi connectivity index (χ1v) is 8.09. The Balaban J connectivity index is 1.68. The maximum absolute atomic E-state index is 5.66. The van der Waals surface area contributed by atoms with Crippen molar-refractivity contribution in [2.24, 2.45) is 5.92 Å². The summed E-state index contributed by atoms with van der Waals surface area (Å²) in [7, 11) is 1.67. The van der Waals surface area contributed by atoms with E-state index >= 15 is 0 Å². The molecule has 1 aliphatic carbocycles. The minimum absolute atomic E-state index is 0.664. The Morgan fingerprint density at radius 1 is 1.36 bits per heavy atom. The molecular formula is C18H24N2O2. The molecule has 0 atom stereocenters. The predicted molar refractivity (Wildman–Crippen MR) is 86.8 cm³/mol. The summed E-state index contributed by atoms with van der Waals surface area (Å²) >= 11 is 0. The first-order valence-electron chi connectivity index (χ1n) is 8.09. The molecule has 1 fully saturated rings. The lowest BCUT2D eigenvalue weighted by Gasteiger charge is -2.19. The van der Waals surface area contributed by atoms with Crippen LogP contribution in [0.25, 0.3) is 11.5 Å². The molecule has 0 saturated heterocycles. The molecule has 1 aromatic carbocycles. The molecule has 0 radical (unpaired) electrons. The van der Waals surface area contributed by atoms with Gasteiger partial charge in [-0.05, 0) is 49.9 Å². The lowest BCUT2D eigenvalue weighted by atomic mass is 10.2. The highest BCUT2D eigenvalue weighted by atomic mass is 16.5. The molecule has 1 heterocycles. The standard InChI is InChI=1S/C18H24N2O2/c1-3-9-20(11-14-7-8-14)12-16-13-22-18(19-16)15-5-4-6-17(10-15)21-2/h4-6,10,13-14H,3,7-9,11-12H2,1-2H3. The Bertz CT molecular complexity index is 605. The van der Waals surface area contributed by atoms with Gasteiger partial charge >= 0.3 is 0 Å². The minimum atomic E-state index is 0.664. The molecule has 3 rings (SSSR count). The molecule has 0 unspecified atom stereocenters. The third kappa shape index (κ3) is 3.89. The fourth-order valence-electron chi connectivity index (χ4n) is 2.71. The smallest absolute Gasteiger partial charge is 0.226 e. The van der Waals surface area contributed by atoms with E-state index in [2.05, 4.69) is 16.8 Å². The number of hydrogen-bond acceptors (Lipinski definition) is 4. The number of ether oxygens (including phenoxy) is 1. The van der Waals surface area contributed by atoms with Gasteiger partial charge in [-0.25, -0.2) is 4.98 Å². The SMILES string of the molecule is CCCN(Cc1coc(-c2cccc(OC)c2)n1)CC1CC1. The topological polar surface area (TPSA) is 38.5 Å². The van der Waals surface area contributed by atoms with Crippen molar-refractivity contribution in [3.8, 4) is 17.2 Å². The van der Waals surface area contributed by atoms with Gasteiger partial charge in [-0.1, -0.05) is 13.0 Å². The van der Waals surface area contributed by atoms with Crippen molar-refractivity contribution in [2.45, 2.75) is 32.7 Å². The van der Waals surface area contributed by atoms with E-state index in [0.29, 0.717) is 5.89 Å². The van der Waals surface area contributed by atoms with Gasteiger partial charge in [0.05, 0.1) is 12.8 Å². The average molecular weight is 300 g/mol. The second kappa shape index (κ2) is 6.97. The Morgan fingerprint density at radius 2 is 2.23 bits per heavy atom. The summed E-state index contributed by atoms with van der Waals surface area (Å²) in [6.07, 6.45) is 5.72. The molecule has 0 aliphatic heterocycles. The summed E-state index contributed by atoms with van der Waals surface area (Å²) in [5, 5.41) is 0. The average Bonchev–Trinajstić information content (AvgIpc) is 3.23. The van der Waals surface area contributed by atoms with Gasteiger partial charge in [0.15, 0.2) is 0 Å². The maximum Gasteiger partial charge on any atom is 0.226 e. The first kappa shape index (κ1) is 15.1. The van der Waals surface area contributed by atoms with Gasteiger partial charge in [0, 0.05) is 18.7 Å². The van der Waals surface area contributed by atoms with Gasteiger partial charge in [0.2, 0.25) is 5.89 Å². The predicted octanol–water partition coefficient (Wildman–Crippen LogP) is 3.97. The van der Waals surface area contributed by atoms with Gasteiger partial charge in [-0.2, -0.15) is 0 Å². The van der Waals surface area contributed by atoms with Gasteiger partial charge < -0.3 is 9.15 Å². The highest BCUT2D eigenvalue weighted by molar-refractivity contribution is 5.55. The van der Waals surface area contributed by atoms with Crippen molar-refractivity contribution < 1.29 is 9.15 Å². The van der Waals surface area contributed by atoms with Crippen LogP contribution in [-0.4, -0.2) is 30.1 Å². The summed E-state index contributed by atoms with van der Waals surface area (Å²) in [6, 6.07) is 7.82. The van der Waals surface area contributed by atoms with Gasteiger partial charge in [0.1, 0.15) is 12.0 Å². The van der Waals surface area contributed by atoms with E-state index in [1.165, 1.54) is 25.8 Å². The summed E-state index contributed by atoms with van der Waals surface area (Å²) in [6.45, 7) is 5.41. The number of oxazole rings is 1. The summed E-state index contributed by atoms with van der Waals surface area (Å²) in [4.78, 5) is 7.13. The second-order valence-electron chi connectivity index (χ2n) is 6.05. The van der Waals surface area contributed by atoms with Crippen molar-refractivity contribution in [3.05, 3.63) is 36.2 Å². The molecule has 2 aromatic rings. The zero-order chi connectivity index (χ0) is 15.4. The van der Waals surface area contributed by atoms with E-state index in [4.69, 9.17) is 9.15 Å². The molecule has 0 bridgehead atoms. The molecule has 22 heavy (non-hydrogen) atoms. The first-order chi connectivity index (χ1) is 10.8. The molecule has 0 N–H and O–H groups in total. The van der Waals surface area contributed by atoms with Crippen LogP contribution in [0.5, 0.6) is 5.75 Å². The normalized spacial score (nSPS) is 14.5. The molecule has 1 aromatic heterocycles. The number of aromatic nitrogens is 1. The molecule has 0 amide bonds. The van der Waals surface area contributed by atoms with E-state index in [9.17, 15) is 0 Å². The van der Waals surface area contributed by atoms with E-state index in [1.54, 1.807) is 13.4 Å². The monoisotopic (exact) mass is 300 g/mol. The molecule has 0 spiro atoms. The largest absolute Gasteiger partial charge is 0.497 e. The van der Waals surface area contributed by atoms with Gasteiger partial charge in [-0.15, -0.1) is 0 Å². The third-order valence-corrected chi connectivity index (χ3v) is 4.01. The Hall–Kier alpha value is -1.81. The quantitative estimate of drug-likeness (QED) is 0.739. The number of methoxy groups -OCH3 is 1. The van der Waals surface area contributed by atoms with Crippen LogP contribution in [0.2, 0.25) is 0 Å². The van der Waals surface area contributed by atoms with Crippen molar-refractivity contribution in [2.75, 3.05) is 20.2 Å². The fourth-order valence-corrected chi connectivity index (χ4v) is 2.71. The van der Waals surface area contributed by atoms with E-state index in [0.717, 1.165) is 36.0 Å². The molecule has 1 saturated carbocycles. The molecule has 4 nitrogen and oxygen atoms in total. The van der Waals surface area contributed by atoms with E-state index in [1.807, 2.05) is 24.3 Å². The Labute approximate surface area is 132 Å². The van der Waals surface area contributed by atoms with Crippen LogP contribution in [0.1, 0.15) is 31.9 Å². The zero-order valence-corrected chi connectivity index (χ0v) is 13.4. The highest BCUT2D eigenvalue weighted by Gasteiger charge is 2.24. The Morgan fingerprint density at radius 3 is 2.95 bits per heavy atom. The summed E-state index contributed by atoms with van der Waals surface area (Å²) in [5.74, 6) is 2.38. The van der Waals surface area contributed by atoms with Crippen LogP contribution in [0, 0.1) is 5.92 Å². The van der Waals surface area contributed by atoms with Crippen LogP contribution in [0.15, 0.2) is 34.9 Å². The summed E-state index contributed by atoms with van der Waals surface area (Å²) < 4.78 is 10.9. The Kier molecular flexibility index (Phi) is 4.78. The van der Waals surface area contributed by atoms with Crippen molar-refractivity contribution in [1.82, 2.24) is 9.88 Å². The van der Waals surface area contributed by atoms with Crippen LogP contribution in [0.4, 0.5) is 0 Å². The van der Waals surface area contributed by atoms with Crippen LogP contribution in [0.3, 0.4) is 0 Å². The minimum Gasteiger partial charge on any atom is -0.497 e. The zero-order valence-electron chi connectivity index (χ0n) is 13.4. The lowest BCUT2D eigenvalue weighted by molar-refractivity contribution is 0.252. The van der Waals surface area contributed by atoms with Crippen LogP contribution in [-0.2, 0) is 6.54 Å². The molecule has 118 valence electrons. The molecule has 4 heteroatoms. The third-order valence-electron chi connectivity index (χ3n) is 4.01. The van der Waals surface area contributed by atoms with Crippen molar-refractivity contribution >= 4 is 0 Å². The van der Waals surface area contributed by atoms with E-state index in [-0.39, 0.29) is 0 Å². The molecule has 1 aliphatic rings. The van der Waals surface area contributed by atoms with Gasteiger partial charge in [0.25, 0.3) is 0 Å². The second-order valence-corrected chi connectivity index (χ2v) is 6.05. The van der Waals surface area contributed by atoms with Gasteiger partial charge in [-0.3, -0.25) is 4.90 Å². The summed E-state index contributed by atoms with van der Waals surface area (Å²) in [5.41, 5.74) is 1.96. The number of nitrogens with zero attached hydrogens (tertiary/aromatic N) is 2. The number of hydrogen-bond donors (Lipinski definition) is 0. The maximum atomic E-state index is 5.66. The van der Waals surface area contributed by atoms with Crippen LogP contribution >= 0.6 is 0 Å². The van der Waals surface area contributed by atoms with E-state index < -0.39 is 0 Å². The highest BCUT2D eigenvalue weighted by Crippen LogP contribution is 2.30. The lowest BCUT2D eigenvalue weighted by Crippen LogP contribution is -2.26. The number of rotatable bonds is 8. The van der Waals surface area contributed by atoms with Crippen molar-refractivity contribution in [3.63, 3.8) is 0 Å². The fraction of sp³-hybridized carbons (Fsp3) is 0.500. The van der Waals surface area contributed by atoms with Crippen LogP contribution < -0.4 is 4.74 Å². The molecular weight excluding hydrogens is 276 g/mol. The van der Waals surface area contributed by atoms with Crippen molar-refractivity contribution in [1.29, 1.82) is 0 Å².